The van der Waals surface area contributed by atoms with Crippen LogP contribution in [0.15, 0.2) is 11.8 Å². The summed E-state index contributed by atoms with van der Waals surface area (Å²) in [6.07, 6.45) is 2.73. The highest BCUT2D eigenvalue weighted by molar-refractivity contribution is 5.08. The van der Waals surface area contributed by atoms with Gasteiger partial charge in [-0.15, -0.1) is 0 Å². The zero-order valence-electron chi connectivity index (χ0n) is 8.08. The van der Waals surface area contributed by atoms with Crippen LogP contribution < -0.4 is 0 Å². The molecule has 0 spiro atoms. The number of nitrogens with zero attached hydrogens (tertiary/aromatic N) is 1. The summed E-state index contributed by atoms with van der Waals surface area (Å²) in [5.74, 6) is 2.42. The van der Waals surface area contributed by atoms with E-state index in [1.807, 2.05) is 0 Å². The van der Waals surface area contributed by atoms with Gasteiger partial charge >= 0.3 is 0 Å². The fourth-order valence-electron chi connectivity index (χ4n) is 2.46. The molecule has 1 fully saturated rings. The summed E-state index contributed by atoms with van der Waals surface area (Å²) in [7, 11) is 2.19. The topological polar surface area (TPSA) is 12.5 Å². The van der Waals surface area contributed by atoms with Crippen molar-refractivity contribution >= 4 is 0 Å². The average Bonchev–Trinajstić information content (AvgIpc) is 2.29. The van der Waals surface area contributed by atoms with Crippen molar-refractivity contribution in [2.24, 2.45) is 11.8 Å². The molecule has 0 aliphatic carbocycles. The Morgan fingerprint density at radius 2 is 2.25 bits per heavy atom. The van der Waals surface area contributed by atoms with Crippen LogP contribution in [0.1, 0.15) is 13.8 Å². The number of hydrogen-bond acceptors (Lipinski definition) is 2. The van der Waals surface area contributed by atoms with Gasteiger partial charge in [0, 0.05) is 24.9 Å². The Kier molecular flexibility index (Phi) is 1.87. The number of likely N-dealkylation sites (tertiary alicyclic amines) is 1. The lowest BCUT2D eigenvalue weighted by atomic mass is 9.88. The molecule has 2 rings (SSSR count). The summed E-state index contributed by atoms with van der Waals surface area (Å²) in [4.78, 5) is 2.39. The Morgan fingerprint density at radius 1 is 1.50 bits per heavy atom. The predicted octanol–water partition coefficient (Wildman–Crippen LogP) is 1.49. The number of ether oxygens (including phenoxy) is 1. The molecule has 0 aromatic heterocycles. The van der Waals surface area contributed by atoms with E-state index in [1.165, 1.54) is 6.54 Å². The van der Waals surface area contributed by atoms with Crippen molar-refractivity contribution in [1.29, 1.82) is 0 Å². The van der Waals surface area contributed by atoms with Crippen molar-refractivity contribution in [2.45, 2.75) is 20.0 Å². The first kappa shape index (κ1) is 8.11. The molecule has 3 atom stereocenters. The Bertz CT molecular complexity index is 212. The van der Waals surface area contributed by atoms with Crippen molar-refractivity contribution in [3.05, 3.63) is 11.8 Å². The third-order valence-corrected chi connectivity index (χ3v) is 2.88. The second-order valence-electron chi connectivity index (χ2n) is 4.22. The number of rotatable bonds is 0. The Labute approximate surface area is 74.2 Å². The molecule has 12 heavy (non-hydrogen) atoms. The maximum atomic E-state index is 5.76. The molecule has 0 aromatic carbocycles. The second-order valence-corrected chi connectivity index (χ2v) is 4.22. The van der Waals surface area contributed by atoms with Crippen LogP contribution in [0.4, 0.5) is 0 Å². The van der Waals surface area contributed by atoms with Gasteiger partial charge in [-0.2, -0.15) is 0 Å². The molecule has 2 aliphatic heterocycles. The van der Waals surface area contributed by atoms with Gasteiger partial charge in [0.25, 0.3) is 0 Å². The van der Waals surface area contributed by atoms with Gasteiger partial charge in [0.2, 0.25) is 0 Å². The standard InChI is InChI=1S/C10H17NO/c1-7-5-11(3)6-9-4-8(2)12-10(7)9/h4,7,9-10H,5-6H2,1-3H3/t7-,9-,10+/m1/s1. The lowest BCUT2D eigenvalue weighted by Gasteiger charge is -2.36. The van der Waals surface area contributed by atoms with Gasteiger partial charge in [0.15, 0.2) is 0 Å². The van der Waals surface area contributed by atoms with Crippen LogP contribution in [-0.2, 0) is 4.74 Å². The molecule has 0 unspecified atom stereocenters. The highest BCUT2D eigenvalue weighted by Gasteiger charge is 2.37. The second kappa shape index (κ2) is 2.77. The normalized spacial score (nSPS) is 41.9. The van der Waals surface area contributed by atoms with E-state index in [-0.39, 0.29) is 0 Å². The van der Waals surface area contributed by atoms with Crippen molar-refractivity contribution in [3.8, 4) is 0 Å². The van der Waals surface area contributed by atoms with E-state index < -0.39 is 0 Å². The first-order valence-electron chi connectivity index (χ1n) is 4.70. The maximum absolute atomic E-state index is 5.76. The molecule has 1 saturated heterocycles. The molecule has 0 bridgehead atoms. The zero-order chi connectivity index (χ0) is 8.72. The van der Waals surface area contributed by atoms with Crippen molar-refractivity contribution in [1.82, 2.24) is 4.90 Å². The quantitative estimate of drug-likeness (QED) is 0.542. The lowest BCUT2D eigenvalue weighted by molar-refractivity contribution is 0.0116. The molecule has 0 radical (unpaired) electrons. The Hall–Kier alpha value is -0.500. The zero-order valence-corrected chi connectivity index (χ0v) is 8.08. The van der Waals surface area contributed by atoms with Crippen molar-refractivity contribution < 1.29 is 4.74 Å². The number of piperidine rings is 1. The third kappa shape index (κ3) is 1.24. The van der Waals surface area contributed by atoms with Gasteiger partial charge in [-0.05, 0) is 20.0 Å². The molecule has 2 aliphatic rings. The molecule has 0 aromatic rings. The lowest BCUT2D eigenvalue weighted by Crippen LogP contribution is -2.44. The van der Waals surface area contributed by atoms with Gasteiger partial charge < -0.3 is 9.64 Å². The molecule has 2 nitrogen and oxygen atoms in total. The fraction of sp³-hybridized carbons (Fsp3) is 0.800. The van der Waals surface area contributed by atoms with Gasteiger partial charge in [-0.1, -0.05) is 6.92 Å². The fourth-order valence-corrected chi connectivity index (χ4v) is 2.46. The van der Waals surface area contributed by atoms with Gasteiger partial charge in [0.05, 0.1) is 5.76 Å². The highest BCUT2D eigenvalue weighted by Crippen LogP contribution is 2.32. The van der Waals surface area contributed by atoms with E-state index in [2.05, 4.69) is 31.9 Å². The average molecular weight is 167 g/mol. The van der Waals surface area contributed by atoms with Crippen LogP contribution in [-0.4, -0.2) is 31.1 Å². The Morgan fingerprint density at radius 3 is 3.00 bits per heavy atom. The highest BCUT2D eigenvalue weighted by atomic mass is 16.5. The molecule has 0 N–H and O–H groups in total. The van der Waals surface area contributed by atoms with Crippen LogP contribution in [0, 0.1) is 11.8 Å². The molecular weight excluding hydrogens is 150 g/mol. The van der Waals surface area contributed by atoms with Crippen LogP contribution >= 0.6 is 0 Å². The SMILES string of the molecule is CC1=C[C@@H]2CN(C)C[C@@H](C)[C@@H]2O1. The van der Waals surface area contributed by atoms with E-state index >= 15 is 0 Å². The molecule has 2 heterocycles. The number of allylic oxidation sites excluding steroid dienone is 1. The van der Waals surface area contributed by atoms with Crippen LogP contribution in [0.25, 0.3) is 0 Å². The molecule has 68 valence electrons. The number of hydrogen-bond donors (Lipinski definition) is 0. The Balaban J connectivity index is 2.11. The summed E-state index contributed by atoms with van der Waals surface area (Å²) < 4.78 is 5.76. The van der Waals surface area contributed by atoms with E-state index in [0.29, 0.717) is 17.9 Å². The molecule has 0 amide bonds. The number of fused-ring (bicyclic) bond motifs is 1. The van der Waals surface area contributed by atoms with Gasteiger partial charge in [-0.3, -0.25) is 0 Å². The first-order valence-corrected chi connectivity index (χ1v) is 4.70. The summed E-state index contributed by atoms with van der Waals surface area (Å²) >= 11 is 0. The van der Waals surface area contributed by atoms with Crippen molar-refractivity contribution in [2.75, 3.05) is 20.1 Å². The monoisotopic (exact) mass is 167 g/mol. The predicted molar refractivity (Wildman–Crippen MR) is 48.8 cm³/mol. The van der Waals surface area contributed by atoms with Crippen LogP contribution in [0.3, 0.4) is 0 Å². The minimum Gasteiger partial charge on any atom is -0.494 e. The van der Waals surface area contributed by atoms with E-state index in [1.54, 1.807) is 0 Å². The largest absolute Gasteiger partial charge is 0.494 e. The van der Waals surface area contributed by atoms with Crippen LogP contribution in [0.5, 0.6) is 0 Å². The van der Waals surface area contributed by atoms with E-state index in [0.717, 1.165) is 12.3 Å². The molecule has 0 saturated carbocycles. The van der Waals surface area contributed by atoms with E-state index in [9.17, 15) is 0 Å². The van der Waals surface area contributed by atoms with Crippen LogP contribution in [0.2, 0.25) is 0 Å². The summed E-state index contributed by atoms with van der Waals surface area (Å²) in [5, 5.41) is 0. The maximum Gasteiger partial charge on any atom is 0.110 e. The third-order valence-electron chi connectivity index (χ3n) is 2.88. The minimum absolute atomic E-state index is 0.459. The summed E-state index contributed by atoms with van der Waals surface area (Å²) in [5.41, 5.74) is 0. The van der Waals surface area contributed by atoms with E-state index in [4.69, 9.17) is 4.74 Å². The first-order chi connectivity index (χ1) is 5.66. The van der Waals surface area contributed by atoms with Crippen molar-refractivity contribution in [3.63, 3.8) is 0 Å². The van der Waals surface area contributed by atoms with Gasteiger partial charge in [0.1, 0.15) is 6.10 Å². The molecule has 2 heteroatoms. The smallest absolute Gasteiger partial charge is 0.110 e. The minimum atomic E-state index is 0.459. The van der Waals surface area contributed by atoms with Gasteiger partial charge in [-0.25, -0.2) is 0 Å². The molecular formula is C10H17NO. The summed E-state index contributed by atoms with van der Waals surface area (Å²) in [6.45, 7) is 6.67. The summed E-state index contributed by atoms with van der Waals surface area (Å²) in [6, 6.07) is 0.